The average Bonchev–Trinajstić information content (AvgIpc) is 3.08. The molecule has 2 heterocycles. The van der Waals surface area contributed by atoms with Crippen molar-refractivity contribution in [1.82, 2.24) is 14.5 Å². The molecule has 2 aromatic heterocycles. The van der Waals surface area contributed by atoms with Crippen LogP contribution in [0, 0.1) is 6.92 Å². The van der Waals surface area contributed by atoms with Gasteiger partial charge in [-0.15, -0.1) is 0 Å². The maximum Gasteiger partial charge on any atom is 0.117 e. The first-order valence-electron chi connectivity index (χ1n) is 7.89. The third kappa shape index (κ3) is 5.00. The second kappa shape index (κ2) is 8.15. The van der Waals surface area contributed by atoms with Crippen molar-refractivity contribution in [3.63, 3.8) is 0 Å². The number of nitrogens with zero attached hydrogens (tertiary/aromatic N) is 3. The highest BCUT2D eigenvalue weighted by Crippen LogP contribution is 2.12. The molecule has 0 aliphatic carbocycles. The van der Waals surface area contributed by atoms with Crippen molar-refractivity contribution in [3.8, 4) is 0 Å². The van der Waals surface area contributed by atoms with E-state index in [0.29, 0.717) is 6.10 Å². The van der Waals surface area contributed by atoms with Crippen molar-refractivity contribution in [1.29, 1.82) is 0 Å². The zero-order valence-corrected chi connectivity index (χ0v) is 14.1. The van der Waals surface area contributed by atoms with Crippen LogP contribution in [0.15, 0.2) is 29.0 Å². The summed E-state index contributed by atoms with van der Waals surface area (Å²) in [5.74, 6) is 2.03. The number of aryl methyl sites for hydroxylation is 1. The van der Waals surface area contributed by atoms with Crippen molar-refractivity contribution in [2.75, 3.05) is 13.2 Å². The lowest BCUT2D eigenvalue weighted by molar-refractivity contribution is 0.0685. The Morgan fingerprint density at radius 1 is 1.36 bits per heavy atom. The zero-order valence-electron chi connectivity index (χ0n) is 14.1. The van der Waals surface area contributed by atoms with E-state index >= 15 is 0 Å². The molecule has 0 aliphatic heterocycles. The second-order valence-electron chi connectivity index (χ2n) is 5.92. The summed E-state index contributed by atoms with van der Waals surface area (Å²) in [6, 6.07) is 3.95. The molecular weight excluding hydrogens is 278 g/mol. The summed E-state index contributed by atoms with van der Waals surface area (Å²) in [7, 11) is 2.06. The lowest BCUT2D eigenvalue weighted by Crippen LogP contribution is -2.26. The first-order valence-corrected chi connectivity index (χ1v) is 7.89. The molecule has 5 nitrogen and oxygen atoms in total. The molecule has 5 heteroatoms. The van der Waals surface area contributed by atoms with Crippen LogP contribution in [0.4, 0.5) is 0 Å². The van der Waals surface area contributed by atoms with Gasteiger partial charge in [0.15, 0.2) is 0 Å². The van der Waals surface area contributed by atoms with Gasteiger partial charge in [-0.1, -0.05) is 0 Å². The van der Waals surface area contributed by atoms with Crippen LogP contribution in [0.25, 0.3) is 0 Å². The predicted molar refractivity (Wildman–Crippen MR) is 86.5 cm³/mol. The van der Waals surface area contributed by atoms with Crippen molar-refractivity contribution in [2.24, 2.45) is 7.05 Å². The van der Waals surface area contributed by atoms with E-state index in [1.54, 1.807) is 6.26 Å². The number of furan rings is 1. The van der Waals surface area contributed by atoms with E-state index in [4.69, 9.17) is 9.15 Å². The van der Waals surface area contributed by atoms with Crippen molar-refractivity contribution in [3.05, 3.63) is 41.9 Å². The lowest BCUT2D eigenvalue weighted by Gasteiger charge is -2.21. The van der Waals surface area contributed by atoms with E-state index in [-0.39, 0.29) is 0 Å². The Hall–Kier alpha value is -1.59. The van der Waals surface area contributed by atoms with Crippen LogP contribution in [0.2, 0.25) is 0 Å². The number of imidazole rings is 1. The monoisotopic (exact) mass is 305 g/mol. The third-order valence-corrected chi connectivity index (χ3v) is 3.73. The summed E-state index contributed by atoms with van der Waals surface area (Å²) >= 11 is 0. The summed E-state index contributed by atoms with van der Waals surface area (Å²) in [5.41, 5.74) is 1.22. The fraction of sp³-hybridized carbons (Fsp3) is 0.588. The van der Waals surface area contributed by atoms with E-state index < -0.39 is 0 Å². The SMILES string of the molecule is Cc1ncc(CN(CCCOC(C)C)Cc2ccco2)n1C. The van der Waals surface area contributed by atoms with Crippen LogP contribution in [0.3, 0.4) is 0 Å². The summed E-state index contributed by atoms with van der Waals surface area (Å²) < 4.78 is 13.3. The second-order valence-corrected chi connectivity index (χ2v) is 5.92. The van der Waals surface area contributed by atoms with Gasteiger partial charge in [-0.2, -0.15) is 0 Å². The van der Waals surface area contributed by atoms with E-state index in [1.165, 1.54) is 5.69 Å². The fourth-order valence-electron chi connectivity index (χ4n) is 2.37. The standard InChI is InChI=1S/C17H27N3O2/c1-14(2)21-10-6-8-20(13-17-7-5-9-22-17)12-16-11-18-15(3)19(16)4/h5,7,9,11,14H,6,8,10,12-13H2,1-4H3. The average molecular weight is 305 g/mol. The highest BCUT2D eigenvalue weighted by Gasteiger charge is 2.12. The molecule has 0 saturated heterocycles. The molecule has 0 fully saturated rings. The van der Waals surface area contributed by atoms with Crippen LogP contribution in [-0.4, -0.2) is 33.7 Å². The van der Waals surface area contributed by atoms with Crippen molar-refractivity contribution in [2.45, 2.75) is 46.4 Å². The van der Waals surface area contributed by atoms with Gasteiger partial charge in [0.1, 0.15) is 11.6 Å². The molecule has 0 unspecified atom stereocenters. The fourth-order valence-corrected chi connectivity index (χ4v) is 2.37. The Kier molecular flexibility index (Phi) is 6.21. The molecule has 0 N–H and O–H groups in total. The summed E-state index contributed by atoms with van der Waals surface area (Å²) in [4.78, 5) is 6.75. The molecule has 2 rings (SSSR count). The minimum absolute atomic E-state index is 0.290. The first-order chi connectivity index (χ1) is 10.6. The van der Waals surface area contributed by atoms with Gasteiger partial charge < -0.3 is 13.7 Å². The molecule has 0 bridgehead atoms. The molecule has 22 heavy (non-hydrogen) atoms. The number of hydrogen-bond donors (Lipinski definition) is 0. The van der Waals surface area contributed by atoms with Crippen molar-refractivity contribution < 1.29 is 9.15 Å². The topological polar surface area (TPSA) is 43.4 Å². The van der Waals surface area contributed by atoms with Crippen LogP contribution >= 0.6 is 0 Å². The Bertz CT molecular complexity index is 546. The van der Waals surface area contributed by atoms with Gasteiger partial charge in [0.25, 0.3) is 0 Å². The van der Waals surface area contributed by atoms with Crippen LogP contribution in [0.5, 0.6) is 0 Å². The van der Waals surface area contributed by atoms with E-state index in [2.05, 4.69) is 35.3 Å². The minimum atomic E-state index is 0.290. The summed E-state index contributed by atoms with van der Waals surface area (Å²) in [5, 5.41) is 0. The maximum absolute atomic E-state index is 5.64. The highest BCUT2D eigenvalue weighted by atomic mass is 16.5. The normalized spacial score (nSPS) is 11.7. The molecule has 0 saturated carbocycles. The summed E-state index contributed by atoms with van der Waals surface area (Å²) in [6.45, 7) is 9.59. The number of rotatable bonds is 9. The quantitative estimate of drug-likeness (QED) is 0.668. The van der Waals surface area contributed by atoms with Gasteiger partial charge in [-0.3, -0.25) is 4.90 Å². The predicted octanol–water partition coefficient (Wildman–Crippen LogP) is 3.14. The van der Waals surface area contributed by atoms with Crippen LogP contribution in [-0.2, 0) is 24.9 Å². The lowest BCUT2D eigenvalue weighted by atomic mass is 10.3. The molecule has 0 amide bonds. The Morgan fingerprint density at radius 2 is 2.18 bits per heavy atom. The number of hydrogen-bond acceptors (Lipinski definition) is 4. The van der Waals surface area contributed by atoms with Gasteiger partial charge in [-0.05, 0) is 39.3 Å². The summed E-state index contributed by atoms with van der Waals surface area (Å²) in [6.07, 6.45) is 4.98. The zero-order chi connectivity index (χ0) is 15.9. The first kappa shape index (κ1) is 16.8. The Morgan fingerprint density at radius 3 is 2.77 bits per heavy atom. The van der Waals surface area contributed by atoms with Crippen LogP contribution in [0.1, 0.15) is 37.5 Å². The third-order valence-electron chi connectivity index (χ3n) is 3.73. The van der Waals surface area contributed by atoms with E-state index in [9.17, 15) is 0 Å². The number of aromatic nitrogens is 2. The van der Waals surface area contributed by atoms with E-state index in [1.807, 2.05) is 25.3 Å². The van der Waals surface area contributed by atoms with Gasteiger partial charge in [0, 0.05) is 32.9 Å². The smallest absolute Gasteiger partial charge is 0.117 e. The Balaban J connectivity index is 1.93. The molecule has 0 radical (unpaired) electrons. The molecule has 0 aliphatic rings. The van der Waals surface area contributed by atoms with Gasteiger partial charge >= 0.3 is 0 Å². The van der Waals surface area contributed by atoms with Gasteiger partial charge in [-0.25, -0.2) is 4.98 Å². The van der Waals surface area contributed by atoms with Gasteiger partial charge in [0.05, 0.1) is 24.6 Å². The highest BCUT2D eigenvalue weighted by molar-refractivity contribution is 5.04. The molecule has 122 valence electrons. The van der Waals surface area contributed by atoms with Gasteiger partial charge in [0.2, 0.25) is 0 Å². The molecule has 0 spiro atoms. The molecule has 0 aromatic carbocycles. The minimum Gasteiger partial charge on any atom is -0.468 e. The number of ether oxygens (including phenoxy) is 1. The van der Waals surface area contributed by atoms with Crippen LogP contribution < -0.4 is 0 Å². The van der Waals surface area contributed by atoms with E-state index in [0.717, 1.165) is 44.2 Å². The maximum atomic E-state index is 5.64. The molecular formula is C17H27N3O2. The van der Waals surface area contributed by atoms with Crippen molar-refractivity contribution >= 4 is 0 Å². The molecule has 2 aromatic rings. The largest absolute Gasteiger partial charge is 0.468 e. The Labute approximate surface area is 132 Å². The molecule has 0 atom stereocenters.